The second-order valence-corrected chi connectivity index (χ2v) is 5.84. The molecular weight excluding hydrogens is 242 g/mol. The summed E-state index contributed by atoms with van der Waals surface area (Å²) < 4.78 is 31.3. The molecule has 104 valence electrons. The van der Waals surface area contributed by atoms with Crippen molar-refractivity contribution in [2.24, 2.45) is 5.41 Å². The Morgan fingerprint density at radius 1 is 1.44 bits per heavy atom. The largest absolute Gasteiger partial charge is 0.381 e. The maximum atomic E-state index is 13.0. The standard InChI is InChI=1S/C12H20F2N2O2/c1-11(2)8(4-9(11)18-3)16-10(17)7-5-12(13,14)6-15-7/h7-9,15H,4-6H2,1-3H3,(H,16,17). The van der Waals surface area contributed by atoms with E-state index in [1.165, 1.54) is 0 Å². The highest BCUT2D eigenvalue weighted by Crippen LogP contribution is 2.42. The molecule has 2 aliphatic rings. The first-order valence-corrected chi connectivity index (χ1v) is 6.20. The Bertz CT molecular complexity index is 347. The third kappa shape index (κ3) is 2.36. The number of rotatable bonds is 3. The Balaban J connectivity index is 1.87. The molecule has 3 atom stereocenters. The molecule has 0 radical (unpaired) electrons. The monoisotopic (exact) mass is 262 g/mol. The zero-order valence-electron chi connectivity index (χ0n) is 10.9. The van der Waals surface area contributed by atoms with Crippen LogP contribution in [-0.2, 0) is 9.53 Å². The van der Waals surface area contributed by atoms with E-state index >= 15 is 0 Å². The topological polar surface area (TPSA) is 50.4 Å². The van der Waals surface area contributed by atoms with Crippen LogP contribution in [-0.4, -0.2) is 43.7 Å². The lowest BCUT2D eigenvalue weighted by Crippen LogP contribution is -2.63. The molecular formula is C12H20F2N2O2. The van der Waals surface area contributed by atoms with Crippen LogP contribution >= 0.6 is 0 Å². The molecule has 1 aliphatic heterocycles. The molecule has 0 aromatic carbocycles. The van der Waals surface area contributed by atoms with Gasteiger partial charge >= 0.3 is 0 Å². The van der Waals surface area contributed by atoms with Gasteiger partial charge in [-0.05, 0) is 6.42 Å². The van der Waals surface area contributed by atoms with Crippen molar-refractivity contribution in [2.75, 3.05) is 13.7 Å². The minimum Gasteiger partial charge on any atom is -0.381 e. The van der Waals surface area contributed by atoms with Gasteiger partial charge in [0.25, 0.3) is 5.92 Å². The Labute approximate surface area is 105 Å². The second kappa shape index (κ2) is 4.42. The third-order valence-electron chi connectivity index (χ3n) is 4.21. The average molecular weight is 262 g/mol. The quantitative estimate of drug-likeness (QED) is 0.795. The molecule has 1 saturated carbocycles. The number of methoxy groups -OCH3 is 1. The molecule has 0 aromatic rings. The summed E-state index contributed by atoms with van der Waals surface area (Å²) in [7, 11) is 1.64. The number of nitrogens with one attached hydrogen (secondary N) is 2. The Morgan fingerprint density at radius 2 is 2.11 bits per heavy atom. The van der Waals surface area contributed by atoms with Crippen LogP contribution in [0.1, 0.15) is 26.7 Å². The summed E-state index contributed by atoms with van der Waals surface area (Å²) in [6.45, 7) is 3.60. The average Bonchev–Trinajstić information content (AvgIpc) is 2.64. The van der Waals surface area contributed by atoms with E-state index in [0.717, 1.165) is 6.42 Å². The summed E-state index contributed by atoms with van der Waals surface area (Å²) in [6.07, 6.45) is 0.429. The van der Waals surface area contributed by atoms with Gasteiger partial charge in [-0.3, -0.25) is 10.1 Å². The van der Waals surface area contributed by atoms with Crippen molar-refractivity contribution < 1.29 is 18.3 Å². The van der Waals surface area contributed by atoms with Gasteiger partial charge in [-0.2, -0.15) is 0 Å². The van der Waals surface area contributed by atoms with Gasteiger partial charge in [-0.25, -0.2) is 8.78 Å². The van der Waals surface area contributed by atoms with Crippen molar-refractivity contribution >= 4 is 5.91 Å². The molecule has 1 saturated heterocycles. The number of carbonyl (C=O) groups excluding carboxylic acids is 1. The van der Waals surface area contributed by atoms with E-state index in [2.05, 4.69) is 10.6 Å². The van der Waals surface area contributed by atoms with Crippen LogP contribution in [0.25, 0.3) is 0 Å². The van der Waals surface area contributed by atoms with E-state index < -0.39 is 24.9 Å². The van der Waals surface area contributed by atoms with Gasteiger partial charge in [0.05, 0.1) is 18.7 Å². The number of carbonyl (C=O) groups is 1. The summed E-state index contributed by atoms with van der Waals surface area (Å²) in [4.78, 5) is 11.9. The van der Waals surface area contributed by atoms with E-state index in [9.17, 15) is 13.6 Å². The van der Waals surface area contributed by atoms with Crippen LogP contribution in [0.15, 0.2) is 0 Å². The first-order chi connectivity index (χ1) is 8.26. The maximum absolute atomic E-state index is 13.0. The summed E-state index contributed by atoms with van der Waals surface area (Å²) in [5.74, 6) is -3.11. The molecule has 4 nitrogen and oxygen atoms in total. The van der Waals surface area contributed by atoms with Crippen molar-refractivity contribution in [1.29, 1.82) is 0 Å². The first kappa shape index (κ1) is 13.7. The Morgan fingerprint density at radius 3 is 2.56 bits per heavy atom. The van der Waals surface area contributed by atoms with Gasteiger partial charge in [0, 0.05) is 25.0 Å². The zero-order chi connectivity index (χ0) is 13.6. The van der Waals surface area contributed by atoms with Crippen molar-refractivity contribution in [3.8, 4) is 0 Å². The normalized spacial score (nSPS) is 37.1. The SMILES string of the molecule is COC1CC(NC(=O)C2CC(F)(F)CN2)C1(C)C. The highest BCUT2D eigenvalue weighted by Gasteiger charge is 2.50. The van der Waals surface area contributed by atoms with Gasteiger partial charge in [-0.15, -0.1) is 0 Å². The Kier molecular flexibility index (Phi) is 3.36. The summed E-state index contributed by atoms with van der Waals surface area (Å²) in [6, 6.07) is -0.789. The third-order valence-corrected chi connectivity index (χ3v) is 4.21. The van der Waals surface area contributed by atoms with Gasteiger partial charge in [0.15, 0.2) is 0 Å². The van der Waals surface area contributed by atoms with E-state index in [1.54, 1.807) is 7.11 Å². The van der Waals surface area contributed by atoms with E-state index in [1.807, 2.05) is 13.8 Å². The molecule has 3 unspecified atom stereocenters. The van der Waals surface area contributed by atoms with Crippen molar-refractivity contribution in [3.63, 3.8) is 0 Å². The van der Waals surface area contributed by atoms with E-state index in [-0.39, 0.29) is 23.5 Å². The zero-order valence-corrected chi connectivity index (χ0v) is 10.9. The number of alkyl halides is 2. The van der Waals surface area contributed by atoms with Crippen LogP contribution < -0.4 is 10.6 Å². The van der Waals surface area contributed by atoms with Crippen LogP contribution in [0.5, 0.6) is 0 Å². The summed E-state index contributed by atoms with van der Waals surface area (Å²) in [5, 5.41) is 5.40. The molecule has 1 amide bonds. The van der Waals surface area contributed by atoms with Crippen LogP contribution in [0.2, 0.25) is 0 Å². The van der Waals surface area contributed by atoms with Crippen molar-refractivity contribution in [3.05, 3.63) is 0 Å². The van der Waals surface area contributed by atoms with Crippen LogP contribution in [0.4, 0.5) is 8.78 Å². The highest BCUT2D eigenvalue weighted by molar-refractivity contribution is 5.82. The van der Waals surface area contributed by atoms with Crippen molar-refractivity contribution in [2.45, 2.75) is 50.8 Å². The maximum Gasteiger partial charge on any atom is 0.262 e. The predicted molar refractivity (Wildman–Crippen MR) is 62.5 cm³/mol. The van der Waals surface area contributed by atoms with Gasteiger partial charge in [-0.1, -0.05) is 13.8 Å². The molecule has 2 fully saturated rings. The minimum absolute atomic E-state index is 0.00836. The molecule has 0 spiro atoms. The molecule has 1 aliphatic carbocycles. The lowest BCUT2D eigenvalue weighted by molar-refractivity contribution is -0.134. The first-order valence-electron chi connectivity index (χ1n) is 6.20. The number of hydrogen-bond acceptors (Lipinski definition) is 3. The number of hydrogen-bond donors (Lipinski definition) is 2. The van der Waals surface area contributed by atoms with E-state index in [0.29, 0.717) is 0 Å². The summed E-state index contributed by atoms with van der Waals surface area (Å²) >= 11 is 0. The molecule has 18 heavy (non-hydrogen) atoms. The smallest absolute Gasteiger partial charge is 0.262 e. The van der Waals surface area contributed by atoms with Gasteiger partial charge in [0.2, 0.25) is 5.91 Å². The Hall–Kier alpha value is -0.750. The van der Waals surface area contributed by atoms with Gasteiger partial charge < -0.3 is 10.1 Å². The molecule has 1 heterocycles. The van der Waals surface area contributed by atoms with Crippen LogP contribution in [0, 0.1) is 5.41 Å². The molecule has 0 aromatic heterocycles. The lowest BCUT2D eigenvalue weighted by atomic mass is 9.64. The predicted octanol–water partition coefficient (Wildman–Crippen LogP) is 0.913. The number of amides is 1. The number of ether oxygens (including phenoxy) is 1. The molecule has 0 bridgehead atoms. The fourth-order valence-electron chi connectivity index (χ4n) is 2.70. The second-order valence-electron chi connectivity index (χ2n) is 5.84. The van der Waals surface area contributed by atoms with Gasteiger partial charge in [0.1, 0.15) is 0 Å². The van der Waals surface area contributed by atoms with Crippen molar-refractivity contribution in [1.82, 2.24) is 10.6 Å². The molecule has 2 N–H and O–H groups in total. The molecule has 6 heteroatoms. The fraction of sp³-hybridized carbons (Fsp3) is 0.917. The minimum atomic E-state index is -2.77. The fourth-order valence-corrected chi connectivity index (χ4v) is 2.70. The van der Waals surface area contributed by atoms with Crippen LogP contribution in [0.3, 0.4) is 0 Å². The highest BCUT2D eigenvalue weighted by atomic mass is 19.3. The van der Waals surface area contributed by atoms with E-state index in [4.69, 9.17) is 4.74 Å². The summed E-state index contributed by atoms with van der Waals surface area (Å²) in [5.41, 5.74) is -0.147. The molecule has 2 rings (SSSR count). The number of halogens is 2. The lowest BCUT2D eigenvalue weighted by Gasteiger charge is -2.51.